The molecule has 5 nitrogen and oxygen atoms in total. The van der Waals surface area contributed by atoms with Crippen LogP contribution in [0.3, 0.4) is 0 Å². The first kappa shape index (κ1) is 15.8. The van der Waals surface area contributed by atoms with Gasteiger partial charge in [-0.3, -0.25) is 4.79 Å². The zero-order chi connectivity index (χ0) is 14.3. The van der Waals surface area contributed by atoms with Gasteiger partial charge in [0.05, 0.1) is 0 Å². The number of hydrogen-bond donors (Lipinski definition) is 3. The Bertz CT molecular complexity index is 319. The molecule has 1 amide bonds. The number of amidine groups is 1. The summed E-state index contributed by atoms with van der Waals surface area (Å²) < 4.78 is 0. The van der Waals surface area contributed by atoms with Gasteiger partial charge in [-0.25, -0.2) is 0 Å². The Morgan fingerprint density at radius 1 is 1.32 bits per heavy atom. The molecule has 0 aromatic heterocycles. The Hall–Kier alpha value is -1.26. The van der Waals surface area contributed by atoms with Crippen molar-refractivity contribution in [3.05, 3.63) is 0 Å². The van der Waals surface area contributed by atoms with Gasteiger partial charge in [-0.05, 0) is 25.2 Å². The Morgan fingerprint density at radius 2 is 1.89 bits per heavy atom. The molecule has 0 spiro atoms. The predicted octanol–water partition coefficient (Wildman–Crippen LogP) is 2.24. The summed E-state index contributed by atoms with van der Waals surface area (Å²) in [5, 5.41) is 15.1. The molecular weight excluding hydrogens is 242 g/mol. The van der Waals surface area contributed by atoms with E-state index in [4.69, 9.17) is 10.9 Å². The van der Waals surface area contributed by atoms with Crippen molar-refractivity contribution in [3.63, 3.8) is 0 Å². The lowest BCUT2D eigenvalue weighted by Crippen LogP contribution is -2.50. The van der Waals surface area contributed by atoms with Crippen LogP contribution >= 0.6 is 0 Å². The highest BCUT2D eigenvalue weighted by Gasteiger charge is 2.42. The average Bonchev–Trinajstić information content (AvgIpc) is 2.63. The largest absolute Gasteiger partial charge is 0.409 e. The fourth-order valence-electron chi connectivity index (χ4n) is 2.67. The van der Waals surface area contributed by atoms with Crippen molar-refractivity contribution >= 4 is 11.7 Å². The number of carbonyl (C=O) groups excluding carboxylic acids is 1. The Balaban J connectivity index is 2.75. The second-order valence-corrected chi connectivity index (χ2v) is 5.92. The number of oxime groups is 1. The maximum Gasteiger partial charge on any atom is 0.233 e. The van der Waals surface area contributed by atoms with E-state index in [1.54, 1.807) is 0 Å². The number of nitrogens with one attached hydrogen (secondary N) is 1. The quantitative estimate of drug-likeness (QED) is 0.235. The van der Waals surface area contributed by atoms with Gasteiger partial charge in [-0.2, -0.15) is 0 Å². The van der Waals surface area contributed by atoms with E-state index in [0.29, 0.717) is 25.3 Å². The minimum Gasteiger partial charge on any atom is -0.409 e. The molecule has 0 bridgehead atoms. The molecule has 5 heteroatoms. The number of nitrogens with zero attached hydrogens (tertiary/aromatic N) is 1. The molecule has 0 unspecified atom stereocenters. The van der Waals surface area contributed by atoms with Crippen molar-refractivity contribution in [2.75, 3.05) is 6.54 Å². The predicted molar refractivity (Wildman–Crippen MR) is 76.0 cm³/mol. The lowest BCUT2D eigenvalue weighted by molar-refractivity contribution is -0.128. The third-order valence-electron chi connectivity index (χ3n) is 4.00. The normalized spacial score (nSPS) is 20.1. The topological polar surface area (TPSA) is 87.7 Å². The first-order chi connectivity index (χ1) is 9.03. The molecule has 1 aliphatic carbocycles. The van der Waals surface area contributed by atoms with Crippen LogP contribution in [0.15, 0.2) is 5.16 Å². The molecule has 1 fully saturated rings. The Morgan fingerprint density at radius 3 is 2.37 bits per heavy atom. The van der Waals surface area contributed by atoms with Crippen LogP contribution in [0.25, 0.3) is 0 Å². The maximum absolute atomic E-state index is 12.5. The summed E-state index contributed by atoms with van der Waals surface area (Å²) in [6.45, 7) is 4.89. The van der Waals surface area contributed by atoms with Crippen molar-refractivity contribution in [1.29, 1.82) is 0 Å². The van der Waals surface area contributed by atoms with Gasteiger partial charge in [0.15, 0.2) is 5.84 Å². The van der Waals surface area contributed by atoms with E-state index in [2.05, 4.69) is 24.3 Å². The molecule has 4 N–H and O–H groups in total. The Labute approximate surface area is 115 Å². The van der Waals surface area contributed by atoms with Gasteiger partial charge < -0.3 is 16.3 Å². The van der Waals surface area contributed by atoms with Crippen LogP contribution < -0.4 is 11.1 Å². The van der Waals surface area contributed by atoms with E-state index in [-0.39, 0.29) is 11.7 Å². The summed E-state index contributed by atoms with van der Waals surface area (Å²) in [4.78, 5) is 12.5. The SMILES string of the molecule is CC(C)CCNC(=O)C1(C(N)=NO)CCCCCC1. The van der Waals surface area contributed by atoms with E-state index in [1.807, 2.05) is 0 Å². The van der Waals surface area contributed by atoms with Gasteiger partial charge in [-0.15, -0.1) is 0 Å². The van der Waals surface area contributed by atoms with Crippen LogP contribution in [0.5, 0.6) is 0 Å². The number of hydrogen-bond acceptors (Lipinski definition) is 3. The third kappa shape index (κ3) is 4.11. The zero-order valence-electron chi connectivity index (χ0n) is 12.1. The van der Waals surface area contributed by atoms with Gasteiger partial charge in [-0.1, -0.05) is 44.7 Å². The molecule has 0 aliphatic heterocycles. The molecule has 110 valence electrons. The third-order valence-corrected chi connectivity index (χ3v) is 4.00. The maximum atomic E-state index is 12.5. The summed E-state index contributed by atoms with van der Waals surface area (Å²) in [6.07, 6.45) is 6.42. The smallest absolute Gasteiger partial charge is 0.233 e. The molecular formula is C14H27N3O2. The van der Waals surface area contributed by atoms with Gasteiger partial charge in [0.1, 0.15) is 5.41 Å². The van der Waals surface area contributed by atoms with Crippen molar-refractivity contribution < 1.29 is 10.0 Å². The van der Waals surface area contributed by atoms with Crippen LogP contribution in [0.1, 0.15) is 58.8 Å². The molecule has 0 atom stereocenters. The first-order valence-electron chi connectivity index (χ1n) is 7.29. The second kappa shape index (κ2) is 7.36. The van der Waals surface area contributed by atoms with Crippen LogP contribution in [0.4, 0.5) is 0 Å². The molecule has 0 radical (unpaired) electrons. The molecule has 0 heterocycles. The van der Waals surface area contributed by atoms with Gasteiger partial charge in [0, 0.05) is 6.54 Å². The number of amides is 1. The number of rotatable bonds is 5. The lowest BCUT2D eigenvalue weighted by Gasteiger charge is -2.30. The highest BCUT2D eigenvalue weighted by molar-refractivity contribution is 6.06. The van der Waals surface area contributed by atoms with E-state index in [0.717, 1.165) is 32.1 Å². The van der Waals surface area contributed by atoms with Crippen molar-refractivity contribution in [2.24, 2.45) is 22.2 Å². The van der Waals surface area contributed by atoms with Crippen molar-refractivity contribution in [1.82, 2.24) is 5.32 Å². The standard InChI is InChI=1S/C14H27N3O2/c1-11(2)7-10-16-13(18)14(12(15)17-19)8-5-3-4-6-9-14/h11,19H,3-10H2,1-2H3,(H2,15,17)(H,16,18). The summed E-state index contributed by atoms with van der Waals surface area (Å²) in [5.74, 6) is 0.538. The van der Waals surface area contributed by atoms with Crippen molar-refractivity contribution in [2.45, 2.75) is 58.8 Å². The average molecular weight is 269 g/mol. The molecule has 19 heavy (non-hydrogen) atoms. The molecule has 0 aromatic carbocycles. The van der Waals surface area contributed by atoms with Gasteiger partial charge in [0.2, 0.25) is 5.91 Å². The fourth-order valence-corrected chi connectivity index (χ4v) is 2.67. The van der Waals surface area contributed by atoms with E-state index < -0.39 is 5.41 Å². The summed E-state index contributed by atoms with van der Waals surface area (Å²) in [6, 6.07) is 0. The highest BCUT2D eigenvalue weighted by Crippen LogP contribution is 2.35. The Kier molecular flexibility index (Phi) is 6.12. The van der Waals surface area contributed by atoms with Crippen LogP contribution in [-0.2, 0) is 4.79 Å². The molecule has 1 rings (SSSR count). The summed E-state index contributed by atoms with van der Waals surface area (Å²) >= 11 is 0. The number of carbonyl (C=O) groups is 1. The lowest BCUT2D eigenvalue weighted by atomic mass is 9.78. The fraction of sp³-hybridized carbons (Fsp3) is 0.857. The molecule has 0 aromatic rings. The molecule has 1 aliphatic rings. The molecule has 1 saturated carbocycles. The van der Waals surface area contributed by atoms with E-state index in [9.17, 15) is 4.79 Å². The second-order valence-electron chi connectivity index (χ2n) is 5.92. The van der Waals surface area contributed by atoms with E-state index >= 15 is 0 Å². The first-order valence-corrected chi connectivity index (χ1v) is 7.29. The monoisotopic (exact) mass is 269 g/mol. The van der Waals surface area contributed by atoms with E-state index in [1.165, 1.54) is 0 Å². The van der Waals surface area contributed by atoms with Crippen LogP contribution in [0, 0.1) is 11.3 Å². The summed E-state index contributed by atoms with van der Waals surface area (Å²) in [7, 11) is 0. The van der Waals surface area contributed by atoms with Crippen LogP contribution in [0.2, 0.25) is 0 Å². The summed E-state index contributed by atoms with van der Waals surface area (Å²) in [5.41, 5.74) is 5.02. The minimum absolute atomic E-state index is 0.0662. The zero-order valence-corrected chi connectivity index (χ0v) is 12.1. The number of nitrogens with two attached hydrogens (primary N) is 1. The molecule has 0 saturated heterocycles. The van der Waals surface area contributed by atoms with Crippen LogP contribution in [-0.4, -0.2) is 23.5 Å². The van der Waals surface area contributed by atoms with Gasteiger partial charge >= 0.3 is 0 Å². The van der Waals surface area contributed by atoms with Gasteiger partial charge in [0.25, 0.3) is 0 Å². The minimum atomic E-state index is -0.803. The van der Waals surface area contributed by atoms with Crippen molar-refractivity contribution in [3.8, 4) is 0 Å². The highest BCUT2D eigenvalue weighted by atomic mass is 16.4.